The van der Waals surface area contributed by atoms with E-state index in [2.05, 4.69) is 11.3 Å². The number of halogens is 3. The molecule has 0 fully saturated rings. The number of fused-ring (bicyclic) bond motifs is 1. The van der Waals surface area contributed by atoms with Crippen LogP contribution in [0.3, 0.4) is 0 Å². The number of alkyl halides is 3. The molecule has 0 radical (unpaired) electrons. The second-order valence-electron chi connectivity index (χ2n) is 9.79. The zero-order valence-electron chi connectivity index (χ0n) is 20.7. The Kier molecular flexibility index (Phi) is 7.90. The molecule has 1 unspecified atom stereocenters. The number of hydrogen-bond acceptors (Lipinski definition) is 5. The number of allylic oxidation sites excluding steroid dienone is 1. The van der Waals surface area contributed by atoms with Crippen LogP contribution in [0.2, 0.25) is 0 Å². The van der Waals surface area contributed by atoms with Crippen LogP contribution in [0.15, 0.2) is 47.9 Å². The van der Waals surface area contributed by atoms with E-state index in [1.807, 2.05) is 0 Å². The molecule has 1 N–H and O–H groups in total. The molecule has 36 heavy (non-hydrogen) atoms. The van der Waals surface area contributed by atoms with E-state index >= 15 is 0 Å². The Labute approximate surface area is 209 Å². The van der Waals surface area contributed by atoms with Crippen molar-refractivity contribution in [2.45, 2.75) is 69.7 Å². The van der Waals surface area contributed by atoms with Crippen molar-refractivity contribution in [3.8, 4) is 5.75 Å². The maximum Gasteiger partial charge on any atom is 0.416 e. The molecule has 1 aliphatic rings. The summed E-state index contributed by atoms with van der Waals surface area (Å²) in [6.45, 7) is 10.1. The summed E-state index contributed by atoms with van der Waals surface area (Å²) in [4.78, 5) is 11.6. The third-order valence-corrected chi connectivity index (χ3v) is 7.02. The molecule has 0 spiro atoms. The summed E-state index contributed by atoms with van der Waals surface area (Å²) in [5.74, 6) is -0.100. The molecule has 0 heterocycles. The molecule has 0 aromatic heterocycles. The van der Waals surface area contributed by atoms with Crippen LogP contribution in [0, 0.1) is 0 Å². The van der Waals surface area contributed by atoms with Crippen LogP contribution in [0.1, 0.15) is 68.8 Å². The quantitative estimate of drug-likeness (QED) is 0.461. The Morgan fingerprint density at radius 2 is 1.86 bits per heavy atom. The maximum absolute atomic E-state index is 13.4. The molecule has 0 saturated heterocycles. The number of esters is 1. The minimum Gasteiger partial charge on any atom is -0.482 e. The summed E-state index contributed by atoms with van der Waals surface area (Å²) in [6, 6.07) is 7.12. The first-order chi connectivity index (χ1) is 16.6. The van der Waals surface area contributed by atoms with Gasteiger partial charge < -0.3 is 9.47 Å². The highest BCUT2D eigenvalue weighted by Crippen LogP contribution is 2.37. The normalized spacial score (nSPS) is 16.2. The number of carbonyl (C=O) groups is 1. The van der Waals surface area contributed by atoms with E-state index in [0.29, 0.717) is 42.2 Å². The highest BCUT2D eigenvalue weighted by Gasteiger charge is 2.34. The molecule has 10 heteroatoms. The van der Waals surface area contributed by atoms with Gasteiger partial charge in [-0.05, 0) is 87.9 Å². The fourth-order valence-corrected chi connectivity index (χ4v) is 5.32. The van der Waals surface area contributed by atoms with Crippen LogP contribution >= 0.6 is 0 Å². The topological polar surface area (TPSA) is 81.7 Å². The first-order valence-corrected chi connectivity index (χ1v) is 12.9. The summed E-state index contributed by atoms with van der Waals surface area (Å²) in [5.41, 5.74) is 0.0721. The lowest BCUT2D eigenvalue weighted by Crippen LogP contribution is -2.31. The standard InChI is InChI=1S/C26H30F3NO5S/c1-16(2)17-12-18(26(27,28)29)14-19(13-17)36(32,33)30-22-10-6-9-21-20(22)8-7-11-23(21)34-15-24(31)35-25(3,4)5/h7-8,11-14,22,30H,1,6,9-10,15H2,2-5H3. The lowest BCUT2D eigenvalue weighted by molar-refractivity contribution is -0.157. The number of sulfonamides is 1. The fraction of sp³-hybridized carbons (Fsp3) is 0.423. The second kappa shape index (κ2) is 10.3. The summed E-state index contributed by atoms with van der Waals surface area (Å²) in [6.07, 6.45) is -3.05. The van der Waals surface area contributed by atoms with Crippen molar-refractivity contribution in [3.05, 3.63) is 65.2 Å². The van der Waals surface area contributed by atoms with Crippen molar-refractivity contribution in [1.29, 1.82) is 0 Å². The molecule has 0 aliphatic heterocycles. The first-order valence-electron chi connectivity index (χ1n) is 11.4. The fourth-order valence-electron chi connectivity index (χ4n) is 4.00. The molecule has 0 saturated carbocycles. The summed E-state index contributed by atoms with van der Waals surface area (Å²) in [5, 5.41) is 0. The van der Waals surface area contributed by atoms with E-state index in [4.69, 9.17) is 9.47 Å². The van der Waals surface area contributed by atoms with Gasteiger partial charge in [0.1, 0.15) is 11.4 Å². The molecule has 2 aromatic rings. The Hall–Kier alpha value is -2.85. The van der Waals surface area contributed by atoms with Gasteiger partial charge in [-0.25, -0.2) is 17.9 Å². The van der Waals surface area contributed by atoms with Gasteiger partial charge in [0.15, 0.2) is 6.61 Å². The number of rotatable bonds is 7. The van der Waals surface area contributed by atoms with Gasteiger partial charge in [0.25, 0.3) is 0 Å². The second-order valence-corrected chi connectivity index (χ2v) is 11.5. The largest absolute Gasteiger partial charge is 0.482 e. The number of nitrogens with one attached hydrogen (secondary N) is 1. The van der Waals surface area contributed by atoms with Gasteiger partial charge in [-0.1, -0.05) is 24.3 Å². The monoisotopic (exact) mass is 525 g/mol. The van der Waals surface area contributed by atoms with E-state index in [1.165, 1.54) is 13.0 Å². The van der Waals surface area contributed by atoms with Crippen molar-refractivity contribution in [2.75, 3.05) is 6.61 Å². The lowest BCUT2D eigenvalue weighted by Gasteiger charge is -2.28. The molecule has 0 amide bonds. The Morgan fingerprint density at radius 3 is 2.47 bits per heavy atom. The smallest absolute Gasteiger partial charge is 0.416 e. The highest BCUT2D eigenvalue weighted by atomic mass is 32.2. The van der Waals surface area contributed by atoms with Crippen molar-refractivity contribution >= 4 is 21.6 Å². The minimum atomic E-state index is -4.71. The molecule has 1 aliphatic carbocycles. The lowest BCUT2D eigenvalue weighted by atomic mass is 9.87. The van der Waals surface area contributed by atoms with Crippen molar-refractivity contribution in [2.24, 2.45) is 0 Å². The van der Waals surface area contributed by atoms with E-state index < -0.39 is 44.3 Å². The van der Waals surface area contributed by atoms with Crippen LogP contribution in [-0.4, -0.2) is 26.6 Å². The van der Waals surface area contributed by atoms with Crippen LogP contribution in [0.25, 0.3) is 5.57 Å². The third kappa shape index (κ3) is 6.88. The summed E-state index contributed by atoms with van der Waals surface area (Å²) >= 11 is 0. The average Bonchev–Trinajstić information content (AvgIpc) is 2.75. The molecule has 0 bridgehead atoms. The Balaban J connectivity index is 1.88. The number of benzene rings is 2. The van der Waals surface area contributed by atoms with Gasteiger partial charge in [0.2, 0.25) is 10.0 Å². The number of hydrogen-bond donors (Lipinski definition) is 1. The summed E-state index contributed by atoms with van der Waals surface area (Å²) in [7, 11) is -4.31. The molecular formula is C26H30F3NO5S. The molecule has 2 aromatic carbocycles. The first kappa shape index (κ1) is 27.7. The summed E-state index contributed by atoms with van der Waals surface area (Å²) < 4.78 is 80.2. The minimum absolute atomic E-state index is 0.0899. The van der Waals surface area contributed by atoms with E-state index in [9.17, 15) is 26.4 Å². The molecular weight excluding hydrogens is 495 g/mol. The zero-order chi connectivity index (χ0) is 26.9. The Morgan fingerprint density at radius 1 is 1.17 bits per heavy atom. The molecule has 1 atom stereocenters. The van der Waals surface area contributed by atoms with Crippen LogP contribution < -0.4 is 9.46 Å². The van der Waals surface area contributed by atoms with Crippen LogP contribution in [0.4, 0.5) is 13.2 Å². The van der Waals surface area contributed by atoms with E-state index in [-0.39, 0.29) is 12.2 Å². The zero-order valence-corrected chi connectivity index (χ0v) is 21.5. The highest BCUT2D eigenvalue weighted by molar-refractivity contribution is 7.89. The van der Waals surface area contributed by atoms with Crippen molar-refractivity contribution in [1.82, 2.24) is 4.72 Å². The third-order valence-electron chi connectivity index (χ3n) is 5.56. The molecule has 196 valence electrons. The average molecular weight is 526 g/mol. The maximum atomic E-state index is 13.4. The van der Waals surface area contributed by atoms with E-state index in [0.717, 1.165) is 11.6 Å². The van der Waals surface area contributed by atoms with Crippen molar-refractivity contribution in [3.63, 3.8) is 0 Å². The van der Waals surface area contributed by atoms with Crippen LogP contribution in [-0.2, 0) is 32.2 Å². The number of ether oxygens (including phenoxy) is 2. The van der Waals surface area contributed by atoms with E-state index in [1.54, 1.807) is 39.0 Å². The van der Waals surface area contributed by atoms with Crippen LogP contribution in [0.5, 0.6) is 5.75 Å². The Bertz CT molecular complexity index is 1260. The predicted molar refractivity (Wildman–Crippen MR) is 130 cm³/mol. The van der Waals surface area contributed by atoms with Crippen molar-refractivity contribution < 1.29 is 35.9 Å². The molecule has 3 rings (SSSR count). The van der Waals surface area contributed by atoms with Gasteiger partial charge in [-0.3, -0.25) is 0 Å². The van der Waals surface area contributed by atoms with Gasteiger partial charge in [-0.15, -0.1) is 0 Å². The number of carbonyl (C=O) groups excluding carboxylic acids is 1. The van der Waals surface area contributed by atoms with Gasteiger partial charge in [0, 0.05) is 6.04 Å². The van der Waals surface area contributed by atoms with Gasteiger partial charge in [0.05, 0.1) is 10.5 Å². The SMILES string of the molecule is C=C(C)c1cc(C(F)(F)F)cc(S(=O)(=O)NC2CCCc3c(OCC(=O)OC(C)(C)C)cccc32)c1. The predicted octanol–water partition coefficient (Wildman–Crippen LogP) is 5.81. The van der Waals surface area contributed by atoms with Gasteiger partial charge in [-0.2, -0.15) is 13.2 Å². The van der Waals surface area contributed by atoms with Gasteiger partial charge >= 0.3 is 12.1 Å². The molecule has 6 nitrogen and oxygen atoms in total.